The Balaban J connectivity index is 1.36. The van der Waals surface area contributed by atoms with E-state index in [1.54, 1.807) is 48.5 Å². The second-order valence-electron chi connectivity index (χ2n) is 7.33. The van der Waals surface area contributed by atoms with Crippen LogP contribution in [0.1, 0.15) is 46.4 Å². The Kier molecular flexibility index (Phi) is 6.53. The number of carbonyl (C=O) groups excluding carboxylic acids is 2. The molecule has 0 radical (unpaired) electrons. The Labute approximate surface area is 164 Å². The number of ether oxygens (including phenoxy) is 2. The molecule has 0 amide bonds. The van der Waals surface area contributed by atoms with E-state index in [1.165, 1.54) is 0 Å². The first-order chi connectivity index (χ1) is 13.5. The molecule has 1 saturated carbocycles. The van der Waals surface area contributed by atoms with Crippen molar-refractivity contribution in [1.29, 1.82) is 0 Å². The lowest BCUT2D eigenvalue weighted by Crippen LogP contribution is -2.24. The third-order valence-electron chi connectivity index (χ3n) is 5.16. The topological polar surface area (TPSA) is 105 Å². The minimum Gasteiger partial charge on any atom is -0.462 e. The van der Waals surface area contributed by atoms with Gasteiger partial charge in [0, 0.05) is 11.4 Å². The molecule has 0 spiro atoms. The highest BCUT2D eigenvalue weighted by atomic mass is 16.5. The van der Waals surface area contributed by atoms with Gasteiger partial charge in [0.05, 0.1) is 24.3 Å². The van der Waals surface area contributed by atoms with E-state index in [0.29, 0.717) is 47.6 Å². The summed E-state index contributed by atoms with van der Waals surface area (Å²) < 4.78 is 10.9. The van der Waals surface area contributed by atoms with E-state index < -0.39 is 0 Å². The number of esters is 2. The van der Waals surface area contributed by atoms with Crippen molar-refractivity contribution in [2.24, 2.45) is 11.8 Å². The van der Waals surface area contributed by atoms with Crippen molar-refractivity contribution in [3.05, 3.63) is 59.7 Å². The van der Waals surface area contributed by atoms with E-state index in [9.17, 15) is 9.59 Å². The molecular weight excluding hydrogens is 356 g/mol. The molecule has 2 aromatic carbocycles. The summed E-state index contributed by atoms with van der Waals surface area (Å²) in [6.07, 6.45) is 3.83. The number of benzene rings is 2. The van der Waals surface area contributed by atoms with Crippen molar-refractivity contribution in [2.45, 2.75) is 25.7 Å². The second-order valence-corrected chi connectivity index (χ2v) is 7.33. The van der Waals surface area contributed by atoms with Crippen LogP contribution in [0.15, 0.2) is 48.5 Å². The lowest BCUT2D eigenvalue weighted by atomic mass is 9.83. The van der Waals surface area contributed by atoms with Gasteiger partial charge in [-0.15, -0.1) is 0 Å². The first-order valence-electron chi connectivity index (χ1n) is 9.56. The summed E-state index contributed by atoms with van der Waals surface area (Å²) in [6, 6.07) is 13.4. The van der Waals surface area contributed by atoms with Crippen LogP contribution in [0.4, 0.5) is 11.4 Å². The Morgan fingerprint density at radius 3 is 1.32 bits per heavy atom. The smallest absolute Gasteiger partial charge is 0.338 e. The summed E-state index contributed by atoms with van der Waals surface area (Å²) in [5, 5.41) is 0. The fourth-order valence-electron chi connectivity index (χ4n) is 3.36. The molecule has 1 aliphatic rings. The maximum Gasteiger partial charge on any atom is 0.338 e. The highest BCUT2D eigenvalue weighted by Crippen LogP contribution is 2.29. The average Bonchev–Trinajstić information content (AvgIpc) is 2.72. The number of hydrogen-bond acceptors (Lipinski definition) is 6. The molecule has 6 nitrogen and oxygen atoms in total. The predicted molar refractivity (Wildman–Crippen MR) is 108 cm³/mol. The van der Waals surface area contributed by atoms with Crippen LogP contribution in [0.25, 0.3) is 0 Å². The SMILES string of the molecule is Nc1ccc(C(=O)OCC2CCC(COC(=O)c3ccc(N)cc3)CC2)cc1. The summed E-state index contributed by atoms with van der Waals surface area (Å²) in [5.41, 5.74) is 13.5. The third kappa shape index (κ3) is 5.49. The number of carbonyl (C=O) groups is 2. The number of anilines is 2. The largest absolute Gasteiger partial charge is 0.462 e. The van der Waals surface area contributed by atoms with Gasteiger partial charge in [0.25, 0.3) is 0 Å². The molecule has 6 heteroatoms. The van der Waals surface area contributed by atoms with Gasteiger partial charge in [0.15, 0.2) is 0 Å². The molecule has 1 aliphatic carbocycles. The average molecular weight is 382 g/mol. The van der Waals surface area contributed by atoms with Crippen molar-refractivity contribution in [3.63, 3.8) is 0 Å². The quantitative estimate of drug-likeness (QED) is 0.583. The highest BCUT2D eigenvalue weighted by Gasteiger charge is 2.24. The van der Waals surface area contributed by atoms with Gasteiger partial charge in [-0.1, -0.05) is 0 Å². The van der Waals surface area contributed by atoms with E-state index in [1.807, 2.05) is 0 Å². The summed E-state index contributed by atoms with van der Waals surface area (Å²) in [7, 11) is 0. The van der Waals surface area contributed by atoms with Crippen LogP contribution >= 0.6 is 0 Å². The molecule has 3 rings (SSSR count). The number of rotatable bonds is 6. The Bertz CT molecular complexity index is 725. The fraction of sp³-hybridized carbons (Fsp3) is 0.364. The maximum absolute atomic E-state index is 12.1. The minimum absolute atomic E-state index is 0.320. The van der Waals surface area contributed by atoms with Crippen LogP contribution in [0.3, 0.4) is 0 Å². The fourth-order valence-corrected chi connectivity index (χ4v) is 3.36. The molecular formula is C22H26N2O4. The maximum atomic E-state index is 12.1. The molecule has 4 N–H and O–H groups in total. The van der Waals surface area contributed by atoms with Gasteiger partial charge in [0.2, 0.25) is 0 Å². The molecule has 2 aromatic rings. The van der Waals surface area contributed by atoms with E-state index in [2.05, 4.69) is 0 Å². The van der Waals surface area contributed by atoms with E-state index in [0.717, 1.165) is 25.7 Å². The highest BCUT2D eigenvalue weighted by molar-refractivity contribution is 5.90. The van der Waals surface area contributed by atoms with E-state index in [-0.39, 0.29) is 11.9 Å². The number of nitrogens with two attached hydrogens (primary N) is 2. The standard InChI is InChI=1S/C22H26N2O4/c23-19-9-5-17(6-10-19)21(25)27-13-15-1-2-16(4-3-15)14-28-22(26)18-7-11-20(24)12-8-18/h5-12,15-16H,1-4,13-14,23-24H2. The number of hydrogen-bond donors (Lipinski definition) is 2. The van der Waals surface area contributed by atoms with Gasteiger partial charge in [0.1, 0.15) is 0 Å². The first-order valence-corrected chi connectivity index (χ1v) is 9.56. The molecule has 0 aliphatic heterocycles. The van der Waals surface area contributed by atoms with Crippen molar-refractivity contribution in [2.75, 3.05) is 24.7 Å². The van der Waals surface area contributed by atoms with Crippen LogP contribution < -0.4 is 11.5 Å². The van der Waals surface area contributed by atoms with Gasteiger partial charge in [-0.2, -0.15) is 0 Å². The summed E-state index contributed by atoms with van der Waals surface area (Å²) >= 11 is 0. The zero-order valence-electron chi connectivity index (χ0n) is 15.8. The molecule has 0 bridgehead atoms. The Morgan fingerprint density at radius 1 is 0.679 bits per heavy atom. The number of nitrogen functional groups attached to an aromatic ring is 2. The van der Waals surface area contributed by atoms with Crippen molar-refractivity contribution in [1.82, 2.24) is 0 Å². The lowest BCUT2D eigenvalue weighted by molar-refractivity contribution is 0.0297. The first kappa shape index (κ1) is 19.7. The van der Waals surface area contributed by atoms with Crippen LogP contribution in [0.5, 0.6) is 0 Å². The van der Waals surface area contributed by atoms with Crippen LogP contribution in [0.2, 0.25) is 0 Å². The molecule has 0 aromatic heterocycles. The van der Waals surface area contributed by atoms with E-state index in [4.69, 9.17) is 20.9 Å². The van der Waals surface area contributed by atoms with Crippen LogP contribution in [-0.2, 0) is 9.47 Å². The third-order valence-corrected chi connectivity index (χ3v) is 5.16. The van der Waals surface area contributed by atoms with E-state index >= 15 is 0 Å². The molecule has 0 atom stereocenters. The van der Waals surface area contributed by atoms with Gasteiger partial charge in [-0.25, -0.2) is 9.59 Å². The molecule has 0 heterocycles. The van der Waals surface area contributed by atoms with Gasteiger partial charge in [-0.05, 0) is 86.1 Å². The molecule has 28 heavy (non-hydrogen) atoms. The Hall–Kier alpha value is -3.02. The monoisotopic (exact) mass is 382 g/mol. The van der Waals surface area contributed by atoms with Gasteiger partial charge < -0.3 is 20.9 Å². The second kappa shape index (κ2) is 9.26. The summed E-state index contributed by atoms with van der Waals surface area (Å²) in [6.45, 7) is 0.836. The molecule has 148 valence electrons. The molecule has 1 fully saturated rings. The van der Waals surface area contributed by atoms with Crippen LogP contribution in [0, 0.1) is 11.8 Å². The molecule has 0 unspecified atom stereocenters. The van der Waals surface area contributed by atoms with Crippen molar-refractivity contribution < 1.29 is 19.1 Å². The normalized spacial score (nSPS) is 19.0. The summed E-state index contributed by atoms with van der Waals surface area (Å²) in [5.74, 6) is 0.0580. The lowest BCUT2D eigenvalue weighted by Gasteiger charge is -2.27. The van der Waals surface area contributed by atoms with Gasteiger partial charge >= 0.3 is 11.9 Å². The summed E-state index contributed by atoms with van der Waals surface area (Å²) in [4.78, 5) is 24.1. The van der Waals surface area contributed by atoms with Gasteiger partial charge in [-0.3, -0.25) is 0 Å². The molecule has 0 saturated heterocycles. The minimum atomic E-state index is -0.320. The zero-order valence-corrected chi connectivity index (χ0v) is 15.8. The van der Waals surface area contributed by atoms with Crippen molar-refractivity contribution >= 4 is 23.3 Å². The van der Waals surface area contributed by atoms with Crippen molar-refractivity contribution in [3.8, 4) is 0 Å². The zero-order chi connectivity index (χ0) is 19.9. The Morgan fingerprint density at radius 2 is 1.00 bits per heavy atom. The van der Waals surface area contributed by atoms with Crippen LogP contribution in [-0.4, -0.2) is 25.2 Å². The predicted octanol–water partition coefficient (Wildman–Crippen LogP) is 3.67.